The van der Waals surface area contributed by atoms with Crippen LogP contribution in [0.2, 0.25) is 0 Å². The Bertz CT molecular complexity index is 869. The Kier molecular flexibility index (Phi) is 3.40. The molecule has 7 nitrogen and oxygen atoms in total. The standard InChI is InChI=1S/C15H17N5O2/c1-8(2)22-10-6-4-5-9-12(10)14-13(15(16)18-9)19-11(7-17-21)20(14)3/h4-6,8H,7H2,1-3H3,(H2,16,18). The number of nitrogen functional groups attached to an aromatic ring is 1. The van der Waals surface area contributed by atoms with Crippen molar-refractivity contribution in [2.75, 3.05) is 5.73 Å². The van der Waals surface area contributed by atoms with Crippen molar-refractivity contribution in [1.82, 2.24) is 14.5 Å². The van der Waals surface area contributed by atoms with Gasteiger partial charge in [-0.15, -0.1) is 0 Å². The van der Waals surface area contributed by atoms with Crippen molar-refractivity contribution in [2.24, 2.45) is 12.2 Å². The maximum Gasteiger partial charge on any atom is 0.152 e. The second-order valence-corrected chi connectivity index (χ2v) is 5.39. The van der Waals surface area contributed by atoms with E-state index in [-0.39, 0.29) is 12.6 Å². The number of nitroso groups, excluding NO2 is 1. The second-order valence-electron chi connectivity index (χ2n) is 5.39. The number of anilines is 1. The number of aryl methyl sites for hydroxylation is 1. The van der Waals surface area contributed by atoms with E-state index in [0.29, 0.717) is 17.2 Å². The minimum absolute atomic E-state index is 0.0146. The maximum absolute atomic E-state index is 10.6. The molecular weight excluding hydrogens is 282 g/mol. The predicted molar refractivity (Wildman–Crippen MR) is 85.7 cm³/mol. The molecule has 114 valence electrons. The molecule has 22 heavy (non-hydrogen) atoms. The third-order valence-electron chi connectivity index (χ3n) is 3.48. The number of ether oxygens (including phenoxy) is 1. The summed E-state index contributed by atoms with van der Waals surface area (Å²) < 4.78 is 7.72. The van der Waals surface area contributed by atoms with Crippen LogP contribution in [0.5, 0.6) is 5.75 Å². The van der Waals surface area contributed by atoms with Crippen LogP contribution in [0.1, 0.15) is 19.7 Å². The smallest absolute Gasteiger partial charge is 0.152 e. The number of rotatable bonds is 4. The van der Waals surface area contributed by atoms with E-state index in [4.69, 9.17) is 10.5 Å². The van der Waals surface area contributed by atoms with Crippen LogP contribution in [-0.2, 0) is 13.6 Å². The Morgan fingerprint density at radius 2 is 2.14 bits per heavy atom. The van der Waals surface area contributed by atoms with Crippen LogP contribution in [0, 0.1) is 4.91 Å². The summed E-state index contributed by atoms with van der Waals surface area (Å²) in [4.78, 5) is 19.4. The highest BCUT2D eigenvalue weighted by Crippen LogP contribution is 2.34. The molecule has 0 unspecified atom stereocenters. The van der Waals surface area contributed by atoms with Gasteiger partial charge in [-0.1, -0.05) is 11.2 Å². The molecule has 0 radical (unpaired) electrons. The van der Waals surface area contributed by atoms with Crippen molar-refractivity contribution in [3.63, 3.8) is 0 Å². The molecule has 0 aliphatic carbocycles. The molecule has 0 amide bonds. The highest BCUT2D eigenvalue weighted by molar-refractivity contribution is 6.09. The number of benzene rings is 1. The van der Waals surface area contributed by atoms with Gasteiger partial charge in [0.2, 0.25) is 0 Å². The van der Waals surface area contributed by atoms with Gasteiger partial charge < -0.3 is 15.0 Å². The van der Waals surface area contributed by atoms with Gasteiger partial charge in [-0.2, -0.15) is 4.91 Å². The highest BCUT2D eigenvalue weighted by atomic mass is 16.5. The molecule has 1 aromatic carbocycles. The number of nitrogens with two attached hydrogens (primary N) is 1. The van der Waals surface area contributed by atoms with E-state index in [0.717, 1.165) is 22.2 Å². The van der Waals surface area contributed by atoms with Gasteiger partial charge in [-0.3, -0.25) is 0 Å². The third kappa shape index (κ3) is 2.14. The van der Waals surface area contributed by atoms with E-state index in [1.165, 1.54) is 0 Å². The molecule has 0 aliphatic heterocycles. The Morgan fingerprint density at radius 3 is 2.82 bits per heavy atom. The molecule has 0 aliphatic rings. The molecule has 0 saturated carbocycles. The first-order valence-corrected chi connectivity index (χ1v) is 7.02. The number of fused-ring (bicyclic) bond motifs is 3. The number of hydrogen-bond donors (Lipinski definition) is 1. The summed E-state index contributed by atoms with van der Waals surface area (Å²) in [5.41, 5.74) is 8.12. The Balaban J connectivity index is 2.43. The third-order valence-corrected chi connectivity index (χ3v) is 3.48. The number of aromatic nitrogens is 3. The van der Waals surface area contributed by atoms with Crippen molar-refractivity contribution in [3.05, 3.63) is 28.9 Å². The molecular formula is C15H17N5O2. The molecule has 2 aromatic heterocycles. The zero-order valence-electron chi connectivity index (χ0n) is 12.7. The number of nitrogens with zero attached hydrogens (tertiary/aromatic N) is 4. The van der Waals surface area contributed by atoms with Crippen molar-refractivity contribution in [2.45, 2.75) is 26.5 Å². The molecule has 3 rings (SSSR count). The number of hydrogen-bond acceptors (Lipinski definition) is 6. The monoisotopic (exact) mass is 299 g/mol. The summed E-state index contributed by atoms with van der Waals surface area (Å²) in [5, 5.41) is 3.76. The summed E-state index contributed by atoms with van der Waals surface area (Å²) in [7, 11) is 1.83. The first-order valence-electron chi connectivity index (χ1n) is 7.02. The maximum atomic E-state index is 10.6. The largest absolute Gasteiger partial charge is 0.490 e. The molecule has 2 heterocycles. The first-order chi connectivity index (χ1) is 10.5. The van der Waals surface area contributed by atoms with Gasteiger partial charge in [0, 0.05) is 7.05 Å². The molecule has 0 saturated heterocycles. The van der Waals surface area contributed by atoms with E-state index < -0.39 is 0 Å². The molecule has 0 spiro atoms. The lowest BCUT2D eigenvalue weighted by Gasteiger charge is -2.13. The second kappa shape index (κ2) is 5.25. The van der Waals surface area contributed by atoms with Crippen LogP contribution in [0.25, 0.3) is 21.9 Å². The molecule has 0 bridgehead atoms. The fraction of sp³-hybridized carbons (Fsp3) is 0.333. The van der Waals surface area contributed by atoms with Gasteiger partial charge in [-0.05, 0) is 26.0 Å². The van der Waals surface area contributed by atoms with Crippen LogP contribution >= 0.6 is 0 Å². The molecule has 0 fully saturated rings. The molecule has 0 atom stereocenters. The zero-order valence-corrected chi connectivity index (χ0v) is 12.7. The Labute approximate surface area is 127 Å². The van der Waals surface area contributed by atoms with E-state index >= 15 is 0 Å². The van der Waals surface area contributed by atoms with Gasteiger partial charge in [0.15, 0.2) is 5.82 Å². The van der Waals surface area contributed by atoms with E-state index in [9.17, 15) is 4.91 Å². The minimum atomic E-state index is -0.0146. The fourth-order valence-electron chi connectivity index (χ4n) is 2.59. The normalized spacial score (nSPS) is 11.5. The number of pyridine rings is 1. The van der Waals surface area contributed by atoms with Crippen molar-refractivity contribution in [3.8, 4) is 5.75 Å². The lowest BCUT2D eigenvalue weighted by molar-refractivity contribution is 0.245. The topological polar surface area (TPSA) is 95.4 Å². The Morgan fingerprint density at radius 1 is 1.36 bits per heavy atom. The predicted octanol–water partition coefficient (Wildman–Crippen LogP) is 2.76. The average Bonchev–Trinajstić information content (AvgIpc) is 2.77. The lowest BCUT2D eigenvalue weighted by atomic mass is 10.1. The zero-order chi connectivity index (χ0) is 15.9. The summed E-state index contributed by atoms with van der Waals surface area (Å²) in [6.45, 7) is 3.91. The van der Waals surface area contributed by atoms with Gasteiger partial charge in [0.25, 0.3) is 0 Å². The summed E-state index contributed by atoms with van der Waals surface area (Å²) in [5.74, 6) is 1.60. The minimum Gasteiger partial charge on any atom is -0.490 e. The Hall–Kier alpha value is -2.70. The SMILES string of the molecule is CC(C)Oc1cccc2nc(N)c3nc(CN=O)n(C)c3c12. The summed E-state index contributed by atoms with van der Waals surface area (Å²) >= 11 is 0. The molecule has 2 N–H and O–H groups in total. The van der Waals surface area contributed by atoms with Crippen LogP contribution < -0.4 is 10.5 Å². The van der Waals surface area contributed by atoms with Gasteiger partial charge in [0.1, 0.15) is 23.6 Å². The van der Waals surface area contributed by atoms with Crippen LogP contribution in [0.15, 0.2) is 23.4 Å². The first kappa shape index (κ1) is 14.2. The molecule has 3 aromatic rings. The van der Waals surface area contributed by atoms with Gasteiger partial charge >= 0.3 is 0 Å². The van der Waals surface area contributed by atoms with Gasteiger partial charge in [-0.25, -0.2) is 9.97 Å². The number of imidazole rings is 1. The highest BCUT2D eigenvalue weighted by Gasteiger charge is 2.18. The van der Waals surface area contributed by atoms with Crippen molar-refractivity contribution < 1.29 is 4.74 Å². The quantitative estimate of drug-likeness (QED) is 0.747. The lowest BCUT2D eigenvalue weighted by Crippen LogP contribution is -2.07. The van der Waals surface area contributed by atoms with E-state index in [2.05, 4.69) is 15.1 Å². The van der Waals surface area contributed by atoms with Crippen molar-refractivity contribution >= 4 is 27.8 Å². The van der Waals surface area contributed by atoms with Crippen molar-refractivity contribution in [1.29, 1.82) is 0 Å². The average molecular weight is 299 g/mol. The van der Waals surface area contributed by atoms with E-state index in [1.807, 2.05) is 43.7 Å². The fourth-order valence-corrected chi connectivity index (χ4v) is 2.59. The van der Waals surface area contributed by atoms with Crippen LogP contribution in [0.4, 0.5) is 5.82 Å². The van der Waals surface area contributed by atoms with Crippen LogP contribution in [0.3, 0.4) is 0 Å². The van der Waals surface area contributed by atoms with Crippen LogP contribution in [-0.4, -0.2) is 20.6 Å². The van der Waals surface area contributed by atoms with Gasteiger partial charge in [0.05, 0.1) is 22.5 Å². The summed E-state index contributed by atoms with van der Waals surface area (Å²) in [6.07, 6.45) is 0.0301. The molecule has 7 heteroatoms. The van der Waals surface area contributed by atoms with E-state index in [1.54, 1.807) is 0 Å². The summed E-state index contributed by atoms with van der Waals surface area (Å²) in [6, 6.07) is 5.65.